The van der Waals surface area contributed by atoms with Gasteiger partial charge in [0.25, 0.3) is 0 Å². The zero-order valence-electron chi connectivity index (χ0n) is 15.8. The number of aliphatic imine (C=N–C) groups is 1. The number of hydrogen-bond acceptors (Lipinski definition) is 2. The molecular formula is C21H29N5. The van der Waals surface area contributed by atoms with Crippen molar-refractivity contribution in [3.8, 4) is 0 Å². The van der Waals surface area contributed by atoms with Gasteiger partial charge < -0.3 is 10.2 Å². The van der Waals surface area contributed by atoms with Crippen LogP contribution in [0.5, 0.6) is 0 Å². The van der Waals surface area contributed by atoms with Crippen molar-refractivity contribution in [1.29, 1.82) is 0 Å². The Morgan fingerprint density at radius 2 is 2.12 bits per heavy atom. The molecule has 5 nitrogen and oxygen atoms in total. The lowest BCUT2D eigenvalue weighted by molar-refractivity contribution is 0.485. The Morgan fingerprint density at radius 3 is 2.85 bits per heavy atom. The van der Waals surface area contributed by atoms with Crippen molar-refractivity contribution in [3.05, 3.63) is 53.9 Å². The van der Waals surface area contributed by atoms with E-state index in [4.69, 9.17) is 4.99 Å². The lowest BCUT2D eigenvalue weighted by atomic mass is 10.0. The summed E-state index contributed by atoms with van der Waals surface area (Å²) in [6.45, 7) is 6.09. The van der Waals surface area contributed by atoms with Gasteiger partial charge in [-0.3, -0.25) is 9.67 Å². The number of aryl methyl sites for hydroxylation is 1. The van der Waals surface area contributed by atoms with Gasteiger partial charge in [0, 0.05) is 45.3 Å². The number of rotatable bonds is 5. The summed E-state index contributed by atoms with van der Waals surface area (Å²) in [6.07, 6.45) is 6.59. The molecule has 1 aromatic carbocycles. The molecular weight excluding hydrogens is 322 g/mol. The summed E-state index contributed by atoms with van der Waals surface area (Å²) < 4.78 is 1.90. The minimum absolute atomic E-state index is 0.561. The molecule has 1 aliphatic heterocycles. The number of nitrogens with one attached hydrogen (secondary N) is 1. The maximum atomic E-state index is 4.98. The van der Waals surface area contributed by atoms with Crippen LogP contribution in [0.3, 0.4) is 0 Å². The monoisotopic (exact) mass is 351 g/mol. The first kappa shape index (κ1) is 17.1. The van der Waals surface area contributed by atoms with Crippen molar-refractivity contribution < 1.29 is 0 Å². The number of benzene rings is 1. The minimum Gasteiger partial charge on any atom is -0.357 e. The van der Waals surface area contributed by atoms with E-state index in [-0.39, 0.29) is 0 Å². The van der Waals surface area contributed by atoms with E-state index in [0.717, 1.165) is 32.1 Å². The third-order valence-corrected chi connectivity index (χ3v) is 5.64. The average Bonchev–Trinajstić information content (AvgIpc) is 3.04. The first-order chi connectivity index (χ1) is 12.7. The molecule has 2 heterocycles. The summed E-state index contributed by atoms with van der Waals surface area (Å²) in [4.78, 5) is 7.39. The van der Waals surface area contributed by atoms with Crippen molar-refractivity contribution in [1.82, 2.24) is 20.0 Å². The van der Waals surface area contributed by atoms with Crippen molar-refractivity contribution in [2.45, 2.75) is 31.6 Å². The first-order valence-corrected chi connectivity index (χ1v) is 9.81. The van der Waals surface area contributed by atoms with E-state index in [1.54, 1.807) is 0 Å². The summed E-state index contributed by atoms with van der Waals surface area (Å²) in [5, 5.41) is 7.82. The van der Waals surface area contributed by atoms with Gasteiger partial charge in [-0.05, 0) is 42.7 Å². The quantitative estimate of drug-likeness (QED) is 0.665. The van der Waals surface area contributed by atoms with Gasteiger partial charge in [0.15, 0.2) is 5.96 Å². The van der Waals surface area contributed by atoms with Gasteiger partial charge in [-0.25, -0.2) is 0 Å². The fourth-order valence-corrected chi connectivity index (χ4v) is 4.06. The van der Waals surface area contributed by atoms with Gasteiger partial charge in [0.05, 0.1) is 6.20 Å². The smallest absolute Gasteiger partial charge is 0.193 e. The van der Waals surface area contributed by atoms with E-state index in [1.807, 2.05) is 17.9 Å². The first-order valence-electron chi connectivity index (χ1n) is 9.81. The zero-order valence-corrected chi connectivity index (χ0v) is 15.8. The van der Waals surface area contributed by atoms with Crippen LogP contribution < -0.4 is 5.32 Å². The summed E-state index contributed by atoms with van der Waals surface area (Å²) >= 11 is 0. The summed E-state index contributed by atoms with van der Waals surface area (Å²) in [6, 6.07) is 10.9. The fraction of sp³-hybridized carbons (Fsp3) is 0.524. The molecule has 0 spiro atoms. The van der Waals surface area contributed by atoms with Crippen molar-refractivity contribution >= 4 is 5.96 Å². The minimum atomic E-state index is 0.561. The topological polar surface area (TPSA) is 45.5 Å². The van der Waals surface area contributed by atoms with Crippen LogP contribution in [0.15, 0.2) is 47.7 Å². The zero-order chi connectivity index (χ0) is 17.9. The summed E-state index contributed by atoms with van der Waals surface area (Å²) in [7, 11) is 1.99. The van der Waals surface area contributed by atoms with Crippen LogP contribution in [0.2, 0.25) is 0 Å². The molecule has 2 aromatic rings. The Kier molecular flexibility index (Phi) is 4.96. The number of aromatic nitrogens is 2. The van der Waals surface area contributed by atoms with Crippen LogP contribution >= 0.6 is 0 Å². The molecule has 1 aromatic heterocycles. The molecule has 1 saturated carbocycles. The average molecular weight is 351 g/mol. The van der Waals surface area contributed by atoms with E-state index in [9.17, 15) is 0 Å². The van der Waals surface area contributed by atoms with Crippen molar-refractivity contribution in [2.75, 3.05) is 26.2 Å². The SMILES string of the molecule is CCNC(=NCC1CC1c1ccccc1)N1CCC(c2cnn(C)c2)C1. The molecule has 5 heteroatoms. The van der Waals surface area contributed by atoms with Crippen molar-refractivity contribution in [2.24, 2.45) is 18.0 Å². The lowest BCUT2D eigenvalue weighted by Crippen LogP contribution is -2.40. The highest BCUT2D eigenvalue weighted by molar-refractivity contribution is 5.80. The summed E-state index contributed by atoms with van der Waals surface area (Å²) in [5.74, 6) is 3.04. The number of likely N-dealkylation sites (tertiary alicyclic amines) is 1. The predicted molar refractivity (Wildman–Crippen MR) is 105 cm³/mol. The Labute approximate surface area is 156 Å². The molecule has 0 bridgehead atoms. The van der Waals surface area contributed by atoms with Gasteiger partial charge in [-0.15, -0.1) is 0 Å². The van der Waals surface area contributed by atoms with Gasteiger partial charge in [-0.1, -0.05) is 30.3 Å². The van der Waals surface area contributed by atoms with E-state index in [1.165, 1.54) is 24.0 Å². The second kappa shape index (κ2) is 7.52. The molecule has 138 valence electrons. The molecule has 2 fully saturated rings. The van der Waals surface area contributed by atoms with Crippen LogP contribution in [-0.2, 0) is 7.05 Å². The standard InChI is InChI=1S/C21H29N5/c1-3-22-21(23-12-18-11-20(18)16-7-5-4-6-8-16)26-10-9-17(15-26)19-13-24-25(2)14-19/h4-8,13-14,17-18,20H,3,9-12,15H2,1-2H3,(H,22,23). The van der Waals surface area contributed by atoms with Crippen LogP contribution in [0.25, 0.3) is 0 Å². The highest BCUT2D eigenvalue weighted by Crippen LogP contribution is 2.47. The Hall–Kier alpha value is -2.30. The van der Waals surface area contributed by atoms with E-state index in [2.05, 4.69) is 58.8 Å². The number of hydrogen-bond donors (Lipinski definition) is 1. The molecule has 1 saturated heterocycles. The second-order valence-corrected chi connectivity index (χ2v) is 7.59. The van der Waals surface area contributed by atoms with Crippen LogP contribution in [0, 0.1) is 5.92 Å². The summed E-state index contributed by atoms with van der Waals surface area (Å²) in [5.41, 5.74) is 2.81. The molecule has 3 unspecified atom stereocenters. The van der Waals surface area contributed by atoms with Crippen LogP contribution in [-0.4, -0.2) is 46.8 Å². The number of guanidine groups is 1. The molecule has 1 aliphatic carbocycles. The Balaban J connectivity index is 1.36. The van der Waals surface area contributed by atoms with Gasteiger partial charge in [-0.2, -0.15) is 5.10 Å². The highest BCUT2D eigenvalue weighted by Gasteiger charge is 2.38. The highest BCUT2D eigenvalue weighted by atomic mass is 15.3. The number of nitrogens with zero attached hydrogens (tertiary/aromatic N) is 4. The van der Waals surface area contributed by atoms with Crippen LogP contribution in [0.1, 0.15) is 42.7 Å². The van der Waals surface area contributed by atoms with Gasteiger partial charge >= 0.3 is 0 Å². The van der Waals surface area contributed by atoms with E-state index in [0.29, 0.717) is 17.8 Å². The molecule has 26 heavy (non-hydrogen) atoms. The van der Waals surface area contributed by atoms with E-state index < -0.39 is 0 Å². The molecule has 0 radical (unpaired) electrons. The fourth-order valence-electron chi connectivity index (χ4n) is 4.06. The third kappa shape index (κ3) is 3.76. The predicted octanol–water partition coefficient (Wildman–Crippen LogP) is 2.98. The third-order valence-electron chi connectivity index (χ3n) is 5.64. The molecule has 0 amide bonds. The molecule has 2 aliphatic rings. The van der Waals surface area contributed by atoms with Crippen LogP contribution in [0.4, 0.5) is 0 Å². The molecule has 1 N–H and O–H groups in total. The molecule has 4 rings (SSSR count). The van der Waals surface area contributed by atoms with Gasteiger partial charge in [0.1, 0.15) is 0 Å². The van der Waals surface area contributed by atoms with E-state index >= 15 is 0 Å². The largest absolute Gasteiger partial charge is 0.357 e. The normalized spacial score (nSPS) is 25.5. The van der Waals surface area contributed by atoms with Gasteiger partial charge in [0.2, 0.25) is 0 Å². The Bertz CT molecular complexity index is 751. The maximum absolute atomic E-state index is 4.98. The Morgan fingerprint density at radius 1 is 1.27 bits per heavy atom. The van der Waals surface area contributed by atoms with Crippen molar-refractivity contribution in [3.63, 3.8) is 0 Å². The molecule has 3 atom stereocenters. The maximum Gasteiger partial charge on any atom is 0.193 e. The second-order valence-electron chi connectivity index (χ2n) is 7.59. The lowest BCUT2D eigenvalue weighted by Gasteiger charge is -2.21.